The summed E-state index contributed by atoms with van der Waals surface area (Å²) >= 11 is 0. The van der Waals surface area contributed by atoms with Gasteiger partial charge in [0.1, 0.15) is 6.10 Å². The van der Waals surface area contributed by atoms with Gasteiger partial charge < -0.3 is 4.74 Å². The lowest BCUT2D eigenvalue weighted by Crippen LogP contribution is -2.66. The van der Waals surface area contributed by atoms with Crippen LogP contribution in [0.5, 0.6) is 0 Å². The summed E-state index contributed by atoms with van der Waals surface area (Å²) in [6.07, 6.45) is 12.5. The normalized spacial score (nSPS) is 53.5. The number of rotatable bonds is 3. The first-order valence-corrected chi connectivity index (χ1v) is 14.7. The molecule has 4 nitrogen and oxygen atoms in total. The molecule has 200 valence electrons. The van der Waals surface area contributed by atoms with Crippen LogP contribution >= 0.6 is 0 Å². The van der Waals surface area contributed by atoms with Gasteiger partial charge in [-0.05, 0) is 122 Å². The van der Waals surface area contributed by atoms with E-state index in [1.54, 1.807) is 6.92 Å². The maximum Gasteiger partial charge on any atom is 0.302 e. The molecule has 5 saturated carbocycles. The Morgan fingerprint density at radius 1 is 0.829 bits per heavy atom. The number of esters is 1. The third-order valence-corrected chi connectivity index (χ3v) is 13.9. The SMILES string of the molecule is CC(=O)O[C@H]1CC[C@@]2(C)[C@H](CC[C@]3(C)[C@@H]2CC[C@H]2[C@H]4[C@H]([C@H](C)OO)CC[C@]4(C)CC[C@]23C)C1(C)C. The monoisotopic (exact) mass is 488 g/mol. The highest BCUT2D eigenvalue weighted by Crippen LogP contribution is 2.77. The molecule has 5 fully saturated rings. The maximum absolute atomic E-state index is 11.9. The molecule has 0 spiro atoms. The van der Waals surface area contributed by atoms with E-state index in [0.717, 1.165) is 18.3 Å². The minimum Gasteiger partial charge on any atom is -0.462 e. The van der Waals surface area contributed by atoms with E-state index in [0.29, 0.717) is 39.4 Å². The highest BCUT2D eigenvalue weighted by atomic mass is 17.1. The first kappa shape index (κ1) is 26.0. The van der Waals surface area contributed by atoms with Crippen LogP contribution in [0.3, 0.4) is 0 Å². The van der Waals surface area contributed by atoms with Gasteiger partial charge in [0.25, 0.3) is 0 Å². The van der Waals surface area contributed by atoms with Crippen LogP contribution in [0.15, 0.2) is 0 Å². The molecule has 0 aromatic carbocycles. The Hall–Kier alpha value is -0.610. The highest BCUT2D eigenvalue weighted by molar-refractivity contribution is 5.66. The van der Waals surface area contributed by atoms with E-state index in [2.05, 4.69) is 48.5 Å². The van der Waals surface area contributed by atoms with Gasteiger partial charge in [-0.25, -0.2) is 4.89 Å². The molecule has 0 amide bonds. The van der Waals surface area contributed by atoms with Crippen LogP contribution in [0, 0.1) is 56.7 Å². The van der Waals surface area contributed by atoms with Crippen molar-refractivity contribution in [1.29, 1.82) is 0 Å². The third-order valence-electron chi connectivity index (χ3n) is 13.9. The number of hydrogen-bond donors (Lipinski definition) is 1. The second kappa shape index (κ2) is 8.19. The van der Waals surface area contributed by atoms with Crippen molar-refractivity contribution < 1.29 is 19.7 Å². The molecule has 0 aromatic heterocycles. The standard InChI is InChI=1S/C31H52O4/c1-19(35-33)21-11-14-28(5)17-18-30(7)22(26(21)28)9-10-24-29(6)15-13-25(34-20(2)32)27(3,4)23(29)12-16-31(24,30)8/h19,21-26,33H,9-18H2,1-8H3/t19-,21-,22-,23+,24+,25-,26+,28+,29-,30+,31+/m0/s1. The van der Waals surface area contributed by atoms with Crippen LogP contribution in [-0.4, -0.2) is 23.4 Å². The first-order valence-electron chi connectivity index (χ1n) is 14.7. The Labute approximate surface area is 214 Å². The van der Waals surface area contributed by atoms with E-state index < -0.39 is 0 Å². The van der Waals surface area contributed by atoms with Crippen LogP contribution in [0.2, 0.25) is 0 Å². The molecule has 0 heterocycles. The molecule has 11 atom stereocenters. The smallest absolute Gasteiger partial charge is 0.302 e. The Kier molecular flexibility index (Phi) is 6.09. The molecular formula is C31H52O4. The van der Waals surface area contributed by atoms with E-state index >= 15 is 0 Å². The van der Waals surface area contributed by atoms with Gasteiger partial charge in [-0.3, -0.25) is 10.1 Å². The Morgan fingerprint density at radius 2 is 1.54 bits per heavy atom. The molecular weight excluding hydrogens is 436 g/mol. The molecule has 0 bridgehead atoms. The number of carbonyl (C=O) groups excluding carboxylic acids is 1. The summed E-state index contributed by atoms with van der Waals surface area (Å²) in [6, 6.07) is 0. The zero-order chi connectivity index (χ0) is 25.6. The number of fused-ring (bicyclic) bond motifs is 7. The molecule has 4 heteroatoms. The van der Waals surface area contributed by atoms with Crippen molar-refractivity contribution in [3.63, 3.8) is 0 Å². The fourth-order valence-corrected chi connectivity index (χ4v) is 12.0. The van der Waals surface area contributed by atoms with Crippen molar-refractivity contribution in [3.05, 3.63) is 0 Å². The Bertz CT molecular complexity index is 853. The average Bonchev–Trinajstić information content (AvgIpc) is 3.13. The van der Waals surface area contributed by atoms with Crippen LogP contribution in [0.4, 0.5) is 0 Å². The zero-order valence-electron chi connectivity index (χ0n) is 23.8. The van der Waals surface area contributed by atoms with Crippen molar-refractivity contribution in [2.45, 2.75) is 132 Å². The van der Waals surface area contributed by atoms with Crippen LogP contribution in [0.25, 0.3) is 0 Å². The van der Waals surface area contributed by atoms with E-state index in [1.165, 1.54) is 57.8 Å². The van der Waals surface area contributed by atoms with Crippen molar-refractivity contribution >= 4 is 5.97 Å². The van der Waals surface area contributed by atoms with Gasteiger partial charge in [-0.1, -0.05) is 41.5 Å². The number of hydrogen-bond acceptors (Lipinski definition) is 4. The van der Waals surface area contributed by atoms with Crippen LogP contribution in [0.1, 0.15) is 120 Å². The quantitative estimate of drug-likeness (QED) is 0.249. The summed E-state index contributed by atoms with van der Waals surface area (Å²) < 4.78 is 5.90. The summed E-state index contributed by atoms with van der Waals surface area (Å²) in [5.41, 5.74) is 1.40. The lowest BCUT2D eigenvalue weighted by molar-refractivity contribution is -0.296. The van der Waals surface area contributed by atoms with Gasteiger partial charge in [0.2, 0.25) is 0 Å². The Morgan fingerprint density at radius 3 is 2.20 bits per heavy atom. The molecule has 5 rings (SSSR count). The average molecular weight is 489 g/mol. The molecule has 0 radical (unpaired) electrons. The van der Waals surface area contributed by atoms with Gasteiger partial charge in [0.05, 0.1) is 6.10 Å². The largest absolute Gasteiger partial charge is 0.462 e. The fraction of sp³-hybridized carbons (Fsp3) is 0.968. The van der Waals surface area contributed by atoms with Crippen molar-refractivity contribution in [3.8, 4) is 0 Å². The van der Waals surface area contributed by atoms with E-state index in [4.69, 9.17) is 9.62 Å². The minimum absolute atomic E-state index is 0.0212. The summed E-state index contributed by atoms with van der Waals surface area (Å²) in [7, 11) is 0. The highest BCUT2D eigenvalue weighted by Gasteiger charge is 2.70. The summed E-state index contributed by atoms with van der Waals surface area (Å²) in [5, 5.41) is 9.62. The Balaban J connectivity index is 1.49. The lowest BCUT2D eigenvalue weighted by Gasteiger charge is -2.73. The van der Waals surface area contributed by atoms with Gasteiger partial charge in [-0.2, -0.15) is 0 Å². The van der Waals surface area contributed by atoms with Crippen LogP contribution < -0.4 is 0 Å². The summed E-state index contributed by atoms with van der Waals surface area (Å²) in [6.45, 7) is 18.9. The molecule has 0 aromatic rings. The van der Waals surface area contributed by atoms with E-state index in [1.807, 2.05) is 0 Å². The molecule has 5 aliphatic rings. The third kappa shape index (κ3) is 3.40. The molecule has 5 aliphatic carbocycles. The summed E-state index contributed by atoms with van der Waals surface area (Å²) in [5.74, 6) is 3.05. The van der Waals surface area contributed by atoms with Gasteiger partial charge in [-0.15, -0.1) is 0 Å². The van der Waals surface area contributed by atoms with Crippen molar-refractivity contribution in [1.82, 2.24) is 0 Å². The minimum atomic E-state index is -0.127. The van der Waals surface area contributed by atoms with Crippen LogP contribution in [-0.2, 0) is 14.4 Å². The number of ether oxygens (including phenoxy) is 1. The molecule has 0 aliphatic heterocycles. The first-order chi connectivity index (χ1) is 16.2. The number of carbonyl (C=O) groups is 1. The molecule has 1 N–H and O–H groups in total. The summed E-state index contributed by atoms with van der Waals surface area (Å²) in [4.78, 5) is 16.9. The lowest BCUT2D eigenvalue weighted by atomic mass is 9.32. The predicted molar refractivity (Wildman–Crippen MR) is 139 cm³/mol. The van der Waals surface area contributed by atoms with Crippen molar-refractivity contribution in [2.75, 3.05) is 0 Å². The fourth-order valence-electron chi connectivity index (χ4n) is 12.0. The molecule has 35 heavy (non-hydrogen) atoms. The second-order valence-corrected chi connectivity index (χ2v) is 15.3. The van der Waals surface area contributed by atoms with Gasteiger partial charge >= 0.3 is 5.97 Å². The predicted octanol–water partition coefficient (Wildman–Crippen LogP) is 7.90. The topological polar surface area (TPSA) is 55.8 Å². The molecule has 0 saturated heterocycles. The van der Waals surface area contributed by atoms with E-state index in [-0.39, 0.29) is 23.6 Å². The molecule has 0 unspecified atom stereocenters. The second-order valence-electron chi connectivity index (χ2n) is 15.3. The van der Waals surface area contributed by atoms with Crippen molar-refractivity contribution in [2.24, 2.45) is 56.7 Å². The van der Waals surface area contributed by atoms with E-state index in [9.17, 15) is 10.1 Å². The van der Waals surface area contributed by atoms with Gasteiger partial charge in [0, 0.05) is 12.3 Å². The van der Waals surface area contributed by atoms with Gasteiger partial charge in [0.15, 0.2) is 0 Å². The zero-order valence-corrected chi connectivity index (χ0v) is 23.8. The maximum atomic E-state index is 11.9.